The average Bonchev–Trinajstić information content (AvgIpc) is 3.17. The zero-order valence-electron chi connectivity index (χ0n) is 14.4. The van der Waals surface area contributed by atoms with Gasteiger partial charge in [0.25, 0.3) is 0 Å². The molecule has 0 aliphatic carbocycles. The van der Waals surface area contributed by atoms with E-state index in [9.17, 15) is 8.42 Å². The highest BCUT2D eigenvalue weighted by Gasteiger charge is 2.34. The number of rotatable bonds is 4. The van der Waals surface area contributed by atoms with Crippen LogP contribution in [0.2, 0.25) is 0 Å². The fourth-order valence-corrected chi connectivity index (χ4v) is 4.99. The van der Waals surface area contributed by atoms with Crippen molar-refractivity contribution >= 4 is 20.8 Å². The first kappa shape index (κ1) is 17.5. The van der Waals surface area contributed by atoms with Crippen molar-refractivity contribution in [2.75, 3.05) is 13.1 Å². The Hall–Kier alpha value is -2.95. The van der Waals surface area contributed by atoms with Crippen molar-refractivity contribution in [2.45, 2.75) is 17.4 Å². The molecule has 1 atom stereocenters. The first-order valence-electron chi connectivity index (χ1n) is 8.58. The summed E-state index contributed by atoms with van der Waals surface area (Å²) in [6.45, 7) is 0.637. The highest BCUT2D eigenvalue weighted by molar-refractivity contribution is 7.89. The Bertz CT molecular complexity index is 1130. The lowest BCUT2D eigenvalue weighted by Crippen LogP contribution is -2.31. The molecule has 3 aromatic rings. The number of aromatic nitrogens is 1. The van der Waals surface area contributed by atoms with Crippen LogP contribution in [0.4, 0.5) is 0 Å². The van der Waals surface area contributed by atoms with Crippen LogP contribution in [0.15, 0.2) is 65.7 Å². The molecule has 136 valence electrons. The highest BCUT2D eigenvalue weighted by atomic mass is 32.2. The summed E-state index contributed by atoms with van der Waals surface area (Å²) in [6.07, 6.45) is 1.78. The lowest BCUT2D eigenvalue weighted by atomic mass is 10.1. The largest absolute Gasteiger partial charge is 0.473 e. The van der Waals surface area contributed by atoms with Gasteiger partial charge < -0.3 is 4.74 Å². The minimum Gasteiger partial charge on any atom is -0.473 e. The Morgan fingerprint density at radius 1 is 1.15 bits per heavy atom. The molecule has 0 radical (unpaired) electrons. The van der Waals surface area contributed by atoms with Crippen molar-refractivity contribution in [3.8, 4) is 11.9 Å². The lowest BCUT2D eigenvalue weighted by molar-refractivity contribution is 0.207. The number of hydrogen-bond donors (Lipinski definition) is 0. The van der Waals surface area contributed by atoms with E-state index < -0.39 is 10.0 Å². The van der Waals surface area contributed by atoms with Gasteiger partial charge in [0.05, 0.1) is 23.1 Å². The normalized spacial score (nSPS) is 17.7. The fraction of sp³-hybridized carbons (Fsp3) is 0.200. The van der Waals surface area contributed by atoms with Crippen LogP contribution in [0.5, 0.6) is 5.88 Å². The molecule has 4 rings (SSSR count). The number of nitriles is 1. The van der Waals surface area contributed by atoms with Gasteiger partial charge in [-0.3, -0.25) is 0 Å². The molecule has 6 nitrogen and oxygen atoms in total. The summed E-state index contributed by atoms with van der Waals surface area (Å²) in [5.74, 6) is 0.337. The number of nitrogens with zero attached hydrogens (tertiary/aromatic N) is 3. The van der Waals surface area contributed by atoms with Crippen molar-refractivity contribution in [2.24, 2.45) is 0 Å². The minimum atomic E-state index is -3.62. The third kappa shape index (κ3) is 3.37. The first-order valence-corrected chi connectivity index (χ1v) is 10.0. The molecule has 1 aliphatic rings. The molecule has 2 aromatic carbocycles. The van der Waals surface area contributed by atoms with Crippen LogP contribution < -0.4 is 4.74 Å². The van der Waals surface area contributed by atoms with Gasteiger partial charge in [-0.1, -0.05) is 36.4 Å². The predicted molar refractivity (Wildman–Crippen MR) is 101 cm³/mol. The molecule has 0 saturated carbocycles. The molecule has 0 spiro atoms. The maximum atomic E-state index is 13.2. The van der Waals surface area contributed by atoms with E-state index in [1.807, 2.05) is 36.4 Å². The summed E-state index contributed by atoms with van der Waals surface area (Å²) in [5, 5.41) is 10.6. The predicted octanol–water partition coefficient (Wildman–Crippen LogP) is 2.95. The van der Waals surface area contributed by atoms with E-state index >= 15 is 0 Å². The van der Waals surface area contributed by atoms with Gasteiger partial charge in [0.1, 0.15) is 6.10 Å². The smallest absolute Gasteiger partial charge is 0.243 e. The number of sulfonamides is 1. The Labute approximate surface area is 157 Å². The molecule has 1 aromatic heterocycles. The van der Waals surface area contributed by atoms with Crippen molar-refractivity contribution < 1.29 is 13.2 Å². The Kier molecular flexibility index (Phi) is 4.52. The molecule has 1 saturated heterocycles. The number of pyridine rings is 1. The van der Waals surface area contributed by atoms with Crippen LogP contribution in [0.25, 0.3) is 10.8 Å². The molecule has 2 heterocycles. The van der Waals surface area contributed by atoms with Crippen LogP contribution in [-0.4, -0.2) is 36.9 Å². The van der Waals surface area contributed by atoms with Gasteiger partial charge >= 0.3 is 0 Å². The quantitative estimate of drug-likeness (QED) is 0.696. The summed E-state index contributed by atoms with van der Waals surface area (Å²) in [5.41, 5.74) is 0.457. The second-order valence-electron chi connectivity index (χ2n) is 6.36. The molecule has 0 N–H and O–H groups in total. The minimum absolute atomic E-state index is 0.254. The monoisotopic (exact) mass is 379 g/mol. The van der Waals surface area contributed by atoms with Gasteiger partial charge in [-0.25, -0.2) is 13.4 Å². The van der Waals surface area contributed by atoms with Crippen molar-refractivity contribution in [3.63, 3.8) is 0 Å². The number of ether oxygens (including phenoxy) is 1. The van der Waals surface area contributed by atoms with E-state index in [0.717, 1.165) is 5.39 Å². The van der Waals surface area contributed by atoms with Crippen LogP contribution in [0.3, 0.4) is 0 Å². The van der Waals surface area contributed by atoms with E-state index in [-0.39, 0.29) is 12.6 Å². The summed E-state index contributed by atoms with van der Waals surface area (Å²) in [6, 6.07) is 17.9. The summed E-state index contributed by atoms with van der Waals surface area (Å²) < 4.78 is 33.6. The Morgan fingerprint density at radius 2 is 1.96 bits per heavy atom. The SMILES string of the molecule is N#Cc1ccnc(OC2CCN(S(=O)(=O)c3cccc4ccccc34)C2)c1. The number of fused-ring (bicyclic) bond motifs is 1. The molecular weight excluding hydrogens is 362 g/mol. The van der Waals surface area contributed by atoms with Gasteiger partial charge in [0, 0.05) is 24.2 Å². The zero-order chi connectivity index (χ0) is 18.9. The number of benzene rings is 2. The molecule has 1 unspecified atom stereocenters. The summed E-state index contributed by atoms with van der Waals surface area (Å²) >= 11 is 0. The topological polar surface area (TPSA) is 83.3 Å². The molecule has 27 heavy (non-hydrogen) atoms. The van der Waals surface area contributed by atoms with Crippen LogP contribution >= 0.6 is 0 Å². The second-order valence-corrected chi connectivity index (χ2v) is 8.27. The number of hydrogen-bond acceptors (Lipinski definition) is 5. The lowest BCUT2D eigenvalue weighted by Gasteiger charge is -2.18. The molecular formula is C20H17N3O3S. The van der Waals surface area contributed by atoms with Crippen molar-refractivity contribution in [1.29, 1.82) is 5.26 Å². The van der Waals surface area contributed by atoms with Gasteiger partial charge in [0.15, 0.2) is 0 Å². The van der Waals surface area contributed by atoms with Crippen LogP contribution in [0, 0.1) is 11.3 Å². The van der Waals surface area contributed by atoms with E-state index in [1.165, 1.54) is 10.5 Å². The highest BCUT2D eigenvalue weighted by Crippen LogP contribution is 2.28. The summed E-state index contributed by atoms with van der Waals surface area (Å²) in [7, 11) is -3.62. The molecule has 0 amide bonds. The van der Waals surface area contributed by atoms with E-state index in [1.54, 1.807) is 24.3 Å². The average molecular weight is 379 g/mol. The van der Waals surface area contributed by atoms with Crippen LogP contribution in [-0.2, 0) is 10.0 Å². The zero-order valence-corrected chi connectivity index (χ0v) is 15.3. The molecule has 1 aliphatic heterocycles. The molecule has 7 heteroatoms. The van der Waals surface area contributed by atoms with E-state index in [4.69, 9.17) is 10.00 Å². The maximum absolute atomic E-state index is 13.2. The van der Waals surface area contributed by atoms with Gasteiger partial charge in [0.2, 0.25) is 15.9 Å². The van der Waals surface area contributed by atoms with E-state index in [2.05, 4.69) is 4.98 Å². The Morgan fingerprint density at radius 3 is 2.81 bits per heavy atom. The van der Waals surface area contributed by atoms with Gasteiger partial charge in [-0.05, 0) is 23.9 Å². The summed E-state index contributed by atoms with van der Waals surface area (Å²) in [4.78, 5) is 4.41. The van der Waals surface area contributed by atoms with E-state index in [0.29, 0.717) is 34.7 Å². The maximum Gasteiger partial charge on any atom is 0.243 e. The van der Waals surface area contributed by atoms with Crippen LogP contribution in [0.1, 0.15) is 12.0 Å². The van der Waals surface area contributed by atoms with Gasteiger partial charge in [-0.2, -0.15) is 9.57 Å². The van der Waals surface area contributed by atoms with Crippen molar-refractivity contribution in [1.82, 2.24) is 9.29 Å². The van der Waals surface area contributed by atoms with Crippen molar-refractivity contribution in [3.05, 3.63) is 66.4 Å². The first-order chi connectivity index (χ1) is 13.1. The third-order valence-corrected chi connectivity index (χ3v) is 6.55. The molecule has 1 fully saturated rings. The third-order valence-electron chi connectivity index (χ3n) is 4.63. The fourth-order valence-electron chi connectivity index (χ4n) is 3.29. The standard InChI is InChI=1S/C20H17N3O3S/c21-13-15-8-10-22-20(12-15)26-17-9-11-23(14-17)27(24,25)19-7-3-5-16-4-1-2-6-18(16)19/h1-8,10,12,17H,9,11,14H2. The van der Waals surface area contributed by atoms with Gasteiger partial charge in [-0.15, -0.1) is 0 Å². The second kappa shape index (κ2) is 6.99. The Balaban J connectivity index is 1.56. The molecule has 0 bridgehead atoms.